The van der Waals surface area contributed by atoms with E-state index in [0.717, 1.165) is 47.0 Å². The van der Waals surface area contributed by atoms with Crippen LogP contribution in [0.4, 0.5) is 5.69 Å². The van der Waals surface area contributed by atoms with Crippen LogP contribution in [-0.2, 0) is 12.8 Å². The third-order valence-electron chi connectivity index (χ3n) is 4.78. The molecule has 0 spiro atoms. The zero-order valence-electron chi connectivity index (χ0n) is 14.5. The van der Waals surface area contributed by atoms with Gasteiger partial charge in [-0.05, 0) is 55.2 Å². The van der Waals surface area contributed by atoms with E-state index < -0.39 is 0 Å². The van der Waals surface area contributed by atoms with Gasteiger partial charge in [-0.2, -0.15) is 0 Å². The van der Waals surface area contributed by atoms with Gasteiger partial charge in [0.1, 0.15) is 0 Å². The molecule has 0 saturated carbocycles. The third kappa shape index (κ3) is 2.81. The summed E-state index contributed by atoms with van der Waals surface area (Å²) >= 11 is 0. The van der Waals surface area contributed by atoms with Crippen molar-refractivity contribution in [3.05, 3.63) is 70.9 Å². The average molecular weight is 345 g/mol. The first-order valence-electron chi connectivity index (χ1n) is 8.71. The first-order valence-corrected chi connectivity index (χ1v) is 8.71. The number of fused-ring (bicyclic) bond motifs is 2. The number of para-hydroxylation sites is 1. The van der Waals surface area contributed by atoms with Gasteiger partial charge in [-0.25, -0.2) is 0 Å². The van der Waals surface area contributed by atoms with Crippen LogP contribution >= 0.6 is 0 Å². The summed E-state index contributed by atoms with van der Waals surface area (Å²) in [7, 11) is 1.59. The molecule has 26 heavy (non-hydrogen) atoms. The van der Waals surface area contributed by atoms with Gasteiger partial charge in [0.15, 0.2) is 0 Å². The van der Waals surface area contributed by atoms with Gasteiger partial charge in [0.2, 0.25) is 0 Å². The van der Waals surface area contributed by atoms with E-state index in [1.807, 2.05) is 24.3 Å². The molecule has 130 valence electrons. The van der Waals surface area contributed by atoms with Gasteiger partial charge in [0.05, 0.1) is 11.1 Å². The largest absolute Gasteiger partial charge is 0.355 e. The second-order valence-electron chi connectivity index (χ2n) is 6.39. The van der Waals surface area contributed by atoms with Gasteiger partial charge < -0.3 is 10.6 Å². The Morgan fingerprint density at radius 3 is 2.50 bits per heavy atom. The van der Waals surface area contributed by atoms with Crippen LogP contribution in [0.2, 0.25) is 0 Å². The Morgan fingerprint density at radius 2 is 1.73 bits per heavy atom. The fraction of sp³-hybridized carbons (Fsp3) is 0.190. The highest BCUT2D eigenvalue weighted by Gasteiger charge is 2.23. The predicted octanol–water partition coefficient (Wildman–Crippen LogP) is 3.34. The highest BCUT2D eigenvalue weighted by molar-refractivity contribution is 6.13. The van der Waals surface area contributed by atoms with Crippen molar-refractivity contribution in [3.8, 4) is 0 Å². The van der Waals surface area contributed by atoms with Crippen molar-refractivity contribution in [2.24, 2.45) is 0 Å². The minimum atomic E-state index is -0.152. The number of carbonyl (C=O) groups is 2. The molecular weight excluding hydrogens is 326 g/mol. The van der Waals surface area contributed by atoms with Crippen molar-refractivity contribution in [1.82, 2.24) is 10.3 Å². The average Bonchev–Trinajstić information content (AvgIpc) is 3.13. The van der Waals surface area contributed by atoms with E-state index in [-0.39, 0.29) is 11.8 Å². The maximum absolute atomic E-state index is 13.0. The maximum atomic E-state index is 13.0. The number of carbonyl (C=O) groups excluding carboxylic acids is 2. The van der Waals surface area contributed by atoms with Crippen LogP contribution in [0.5, 0.6) is 0 Å². The lowest BCUT2D eigenvalue weighted by Crippen LogP contribution is -2.18. The molecule has 0 atom stereocenters. The van der Waals surface area contributed by atoms with E-state index in [0.29, 0.717) is 11.3 Å². The Labute approximate surface area is 151 Å². The van der Waals surface area contributed by atoms with Crippen LogP contribution in [0.1, 0.15) is 38.4 Å². The van der Waals surface area contributed by atoms with Crippen molar-refractivity contribution in [1.29, 1.82) is 0 Å². The van der Waals surface area contributed by atoms with Crippen LogP contribution in [0.15, 0.2) is 48.5 Å². The summed E-state index contributed by atoms with van der Waals surface area (Å²) in [5.74, 6) is -0.282. The number of benzene rings is 2. The van der Waals surface area contributed by atoms with Gasteiger partial charge >= 0.3 is 0 Å². The SMILES string of the molecule is CNC(=O)c1ccc(NC(=O)c2c3c(nc4ccccc24)CCC3)cc1. The lowest BCUT2D eigenvalue weighted by atomic mass is 10.0. The highest BCUT2D eigenvalue weighted by Crippen LogP contribution is 2.30. The number of nitrogens with one attached hydrogen (secondary N) is 2. The quantitative estimate of drug-likeness (QED) is 0.765. The fourth-order valence-corrected chi connectivity index (χ4v) is 3.51. The number of hydrogen-bond donors (Lipinski definition) is 2. The molecule has 5 heteroatoms. The summed E-state index contributed by atoms with van der Waals surface area (Å²) in [6.07, 6.45) is 2.83. The van der Waals surface area contributed by atoms with E-state index in [1.54, 1.807) is 31.3 Å². The first-order chi connectivity index (χ1) is 12.7. The summed E-state index contributed by atoms with van der Waals surface area (Å²) < 4.78 is 0. The van der Waals surface area contributed by atoms with E-state index >= 15 is 0 Å². The molecule has 2 N–H and O–H groups in total. The van der Waals surface area contributed by atoms with E-state index in [2.05, 4.69) is 10.6 Å². The summed E-state index contributed by atoms with van der Waals surface area (Å²) in [5.41, 5.74) is 4.88. The van der Waals surface area contributed by atoms with Crippen molar-refractivity contribution in [2.75, 3.05) is 12.4 Å². The Morgan fingerprint density at radius 1 is 0.962 bits per heavy atom. The zero-order chi connectivity index (χ0) is 18.1. The van der Waals surface area contributed by atoms with Crippen molar-refractivity contribution >= 4 is 28.4 Å². The summed E-state index contributed by atoms with van der Waals surface area (Å²) in [6, 6.07) is 14.6. The van der Waals surface area contributed by atoms with Gasteiger partial charge in [0.25, 0.3) is 11.8 Å². The monoisotopic (exact) mass is 345 g/mol. The molecule has 0 unspecified atom stereocenters. The number of rotatable bonds is 3. The minimum Gasteiger partial charge on any atom is -0.355 e. The predicted molar refractivity (Wildman–Crippen MR) is 102 cm³/mol. The Bertz CT molecular complexity index is 1010. The molecule has 4 rings (SSSR count). The summed E-state index contributed by atoms with van der Waals surface area (Å²) in [4.78, 5) is 29.4. The molecule has 1 aliphatic rings. The molecule has 0 fully saturated rings. The lowest BCUT2D eigenvalue weighted by molar-refractivity contribution is 0.0962. The van der Waals surface area contributed by atoms with E-state index in [9.17, 15) is 9.59 Å². The minimum absolute atomic E-state index is 0.130. The Hall–Kier alpha value is -3.21. The molecule has 1 aromatic heterocycles. The lowest BCUT2D eigenvalue weighted by Gasteiger charge is -2.13. The summed E-state index contributed by atoms with van der Waals surface area (Å²) in [6.45, 7) is 0. The Kier molecular flexibility index (Phi) is 4.13. The zero-order valence-corrected chi connectivity index (χ0v) is 14.5. The van der Waals surface area contributed by atoms with Gasteiger partial charge in [-0.1, -0.05) is 18.2 Å². The van der Waals surface area contributed by atoms with Crippen LogP contribution in [0, 0.1) is 0 Å². The highest BCUT2D eigenvalue weighted by atomic mass is 16.2. The second-order valence-corrected chi connectivity index (χ2v) is 6.39. The maximum Gasteiger partial charge on any atom is 0.256 e. The standard InChI is InChI=1S/C21H19N3O2/c1-22-20(25)13-9-11-14(12-10-13)23-21(26)19-15-5-2-3-7-17(15)24-18-8-4-6-16(18)19/h2-3,5,7,9-12H,4,6,8H2,1H3,(H,22,25)(H,23,26). The van der Waals surface area contributed by atoms with Gasteiger partial charge in [-0.15, -0.1) is 0 Å². The molecule has 2 amide bonds. The number of pyridine rings is 1. The molecule has 0 aliphatic heterocycles. The third-order valence-corrected chi connectivity index (χ3v) is 4.78. The van der Waals surface area contributed by atoms with Crippen molar-refractivity contribution in [3.63, 3.8) is 0 Å². The van der Waals surface area contributed by atoms with Crippen LogP contribution in [0.3, 0.4) is 0 Å². The van der Waals surface area contributed by atoms with Crippen molar-refractivity contribution in [2.45, 2.75) is 19.3 Å². The molecule has 2 aromatic carbocycles. The van der Waals surface area contributed by atoms with Crippen molar-refractivity contribution < 1.29 is 9.59 Å². The number of hydrogen-bond acceptors (Lipinski definition) is 3. The molecule has 5 nitrogen and oxygen atoms in total. The topological polar surface area (TPSA) is 71.1 Å². The molecule has 1 heterocycles. The molecule has 3 aromatic rings. The van der Waals surface area contributed by atoms with E-state index in [4.69, 9.17) is 4.98 Å². The first kappa shape index (κ1) is 16.3. The Balaban J connectivity index is 1.70. The van der Waals surface area contributed by atoms with E-state index in [1.165, 1.54) is 0 Å². The van der Waals surface area contributed by atoms with Gasteiger partial charge in [0, 0.05) is 29.4 Å². The number of amides is 2. The van der Waals surface area contributed by atoms with Crippen LogP contribution in [0.25, 0.3) is 10.9 Å². The smallest absolute Gasteiger partial charge is 0.256 e. The number of nitrogens with zero attached hydrogens (tertiary/aromatic N) is 1. The fourth-order valence-electron chi connectivity index (χ4n) is 3.51. The number of aromatic nitrogens is 1. The van der Waals surface area contributed by atoms with Crippen LogP contribution in [-0.4, -0.2) is 23.8 Å². The number of aryl methyl sites for hydroxylation is 1. The molecule has 0 saturated heterocycles. The molecule has 0 bridgehead atoms. The molecule has 1 aliphatic carbocycles. The molecule has 0 radical (unpaired) electrons. The second kappa shape index (κ2) is 6.59. The number of anilines is 1. The van der Waals surface area contributed by atoms with Gasteiger partial charge in [-0.3, -0.25) is 14.6 Å². The normalized spacial score (nSPS) is 12.7. The van der Waals surface area contributed by atoms with Crippen LogP contribution < -0.4 is 10.6 Å². The molecular formula is C21H19N3O2. The summed E-state index contributed by atoms with van der Waals surface area (Å²) in [5, 5.41) is 6.43.